The van der Waals surface area contributed by atoms with Crippen molar-refractivity contribution in [3.63, 3.8) is 0 Å². The fraction of sp³-hybridized carbons (Fsp3) is 0.350. The number of amides is 1. The molecular weight excluding hydrogens is 298 g/mol. The normalized spacial score (nSPS) is 10.9. The van der Waals surface area contributed by atoms with Crippen LogP contribution < -0.4 is 5.73 Å². The van der Waals surface area contributed by atoms with Crippen LogP contribution in [0, 0.1) is 0 Å². The highest BCUT2D eigenvalue weighted by Gasteiger charge is 2.14. The zero-order valence-electron chi connectivity index (χ0n) is 14.8. The molecule has 2 aromatic carbocycles. The van der Waals surface area contributed by atoms with Gasteiger partial charge in [-0.1, -0.05) is 36.4 Å². The van der Waals surface area contributed by atoms with Crippen molar-refractivity contribution in [2.75, 3.05) is 20.6 Å². The fourth-order valence-corrected chi connectivity index (χ4v) is 2.63. The van der Waals surface area contributed by atoms with Gasteiger partial charge in [0.25, 0.3) is 5.91 Å². The van der Waals surface area contributed by atoms with Gasteiger partial charge in [-0.15, -0.1) is 0 Å². The molecule has 0 aliphatic carbocycles. The number of hydrogen-bond donors (Lipinski definition) is 1. The molecule has 1 amide bonds. The van der Waals surface area contributed by atoms with Gasteiger partial charge in [0.2, 0.25) is 0 Å². The van der Waals surface area contributed by atoms with Crippen LogP contribution in [0.25, 0.3) is 0 Å². The molecule has 0 heterocycles. The minimum Gasteiger partial charge on any atom is -0.335 e. The summed E-state index contributed by atoms with van der Waals surface area (Å²) in [5, 5.41) is 0. The van der Waals surface area contributed by atoms with E-state index >= 15 is 0 Å². The largest absolute Gasteiger partial charge is 0.335 e. The fourth-order valence-electron chi connectivity index (χ4n) is 2.63. The predicted octanol–water partition coefficient (Wildman–Crippen LogP) is 2.87. The molecule has 2 aromatic rings. The van der Waals surface area contributed by atoms with Crippen LogP contribution in [0.5, 0.6) is 0 Å². The summed E-state index contributed by atoms with van der Waals surface area (Å²) in [6.45, 7) is 4.72. The Bertz CT molecular complexity index is 648. The molecular formula is C20H27N3O. The van der Waals surface area contributed by atoms with Crippen LogP contribution in [0.3, 0.4) is 0 Å². The minimum atomic E-state index is 0.0541. The van der Waals surface area contributed by atoms with Crippen LogP contribution in [-0.2, 0) is 19.6 Å². The van der Waals surface area contributed by atoms with Gasteiger partial charge in [0.05, 0.1) is 0 Å². The second-order valence-corrected chi connectivity index (χ2v) is 6.27. The van der Waals surface area contributed by atoms with E-state index in [9.17, 15) is 4.79 Å². The Morgan fingerprint density at radius 1 is 0.875 bits per heavy atom. The quantitative estimate of drug-likeness (QED) is 0.851. The number of carbonyl (C=O) groups is 1. The summed E-state index contributed by atoms with van der Waals surface area (Å²) in [4.78, 5) is 16.7. The first-order chi connectivity index (χ1) is 11.5. The van der Waals surface area contributed by atoms with Gasteiger partial charge in [-0.05, 0) is 49.8 Å². The Hall–Kier alpha value is -2.17. The molecule has 2 N–H and O–H groups in total. The average Bonchev–Trinajstić information content (AvgIpc) is 2.60. The molecule has 0 bridgehead atoms. The lowest BCUT2D eigenvalue weighted by Crippen LogP contribution is -2.30. The summed E-state index contributed by atoms with van der Waals surface area (Å²) in [6.07, 6.45) is 0. The Labute approximate surface area is 144 Å². The van der Waals surface area contributed by atoms with E-state index in [2.05, 4.69) is 43.3 Å². The van der Waals surface area contributed by atoms with Crippen molar-refractivity contribution in [1.29, 1.82) is 0 Å². The Balaban J connectivity index is 2.06. The monoisotopic (exact) mass is 325 g/mol. The summed E-state index contributed by atoms with van der Waals surface area (Å²) in [5.74, 6) is 0.0541. The number of nitrogens with two attached hydrogens (primary N) is 1. The van der Waals surface area contributed by atoms with Crippen LogP contribution in [0.15, 0.2) is 48.5 Å². The molecule has 4 heteroatoms. The third kappa shape index (κ3) is 4.91. The second-order valence-electron chi connectivity index (χ2n) is 6.27. The molecule has 2 rings (SSSR count). The van der Waals surface area contributed by atoms with E-state index in [1.54, 1.807) is 0 Å². The van der Waals surface area contributed by atoms with Gasteiger partial charge >= 0.3 is 0 Å². The molecule has 0 saturated carbocycles. The highest BCUT2D eigenvalue weighted by atomic mass is 16.2. The first-order valence-corrected chi connectivity index (χ1v) is 8.34. The number of benzene rings is 2. The Morgan fingerprint density at radius 2 is 1.38 bits per heavy atom. The zero-order valence-corrected chi connectivity index (χ0v) is 14.8. The highest BCUT2D eigenvalue weighted by molar-refractivity contribution is 5.94. The highest BCUT2D eigenvalue weighted by Crippen LogP contribution is 2.13. The summed E-state index contributed by atoms with van der Waals surface area (Å²) >= 11 is 0. The van der Waals surface area contributed by atoms with Gasteiger partial charge in [0.15, 0.2) is 0 Å². The molecule has 0 atom stereocenters. The maximum absolute atomic E-state index is 12.7. The SMILES string of the molecule is CCN(Cc1ccc(CN(C)C)cc1)C(=O)c1ccc(CN)cc1. The topological polar surface area (TPSA) is 49.6 Å². The lowest BCUT2D eigenvalue weighted by atomic mass is 10.1. The molecule has 0 spiro atoms. The molecule has 128 valence electrons. The van der Waals surface area contributed by atoms with Crippen molar-refractivity contribution < 1.29 is 4.79 Å². The van der Waals surface area contributed by atoms with E-state index in [1.165, 1.54) is 5.56 Å². The lowest BCUT2D eigenvalue weighted by Gasteiger charge is -2.21. The third-order valence-corrected chi connectivity index (χ3v) is 4.00. The maximum Gasteiger partial charge on any atom is 0.254 e. The third-order valence-electron chi connectivity index (χ3n) is 4.00. The van der Waals surface area contributed by atoms with E-state index < -0.39 is 0 Å². The molecule has 0 aliphatic heterocycles. The smallest absolute Gasteiger partial charge is 0.254 e. The van der Waals surface area contributed by atoms with Gasteiger partial charge in [0.1, 0.15) is 0 Å². The number of rotatable bonds is 7. The standard InChI is InChI=1S/C20H27N3O/c1-4-23(20(24)19-11-9-16(13-21)10-12-19)15-18-7-5-17(6-8-18)14-22(2)3/h5-12H,4,13-15,21H2,1-3H3. The van der Waals surface area contributed by atoms with Crippen molar-refractivity contribution in [3.8, 4) is 0 Å². The molecule has 0 fully saturated rings. The average molecular weight is 325 g/mol. The Morgan fingerprint density at radius 3 is 1.83 bits per heavy atom. The molecule has 0 aliphatic rings. The predicted molar refractivity (Wildman–Crippen MR) is 98.6 cm³/mol. The Kier molecular flexibility index (Phi) is 6.53. The summed E-state index contributed by atoms with van der Waals surface area (Å²) in [6, 6.07) is 16.0. The van der Waals surface area contributed by atoms with Crippen molar-refractivity contribution >= 4 is 5.91 Å². The van der Waals surface area contributed by atoms with E-state index in [1.807, 2.05) is 36.1 Å². The van der Waals surface area contributed by atoms with Gasteiger partial charge in [-0.2, -0.15) is 0 Å². The van der Waals surface area contributed by atoms with Crippen LogP contribution in [0.1, 0.15) is 34.0 Å². The number of hydrogen-bond acceptors (Lipinski definition) is 3. The molecule has 0 saturated heterocycles. The summed E-state index contributed by atoms with van der Waals surface area (Å²) in [5.41, 5.74) is 9.77. The first kappa shape index (κ1) is 18.2. The van der Waals surface area contributed by atoms with Crippen molar-refractivity contribution in [2.24, 2.45) is 5.73 Å². The van der Waals surface area contributed by atoms with Gasteiger partial charge < -0.3 is 15.5 Å². The first-order valence-electron chi connectivity index (χ1n) is 8.34. The zero-order chi connectivity index (χ0) is 17.5. The van der Waals surface area contributed by atoms with E-state index in [-0.39, 0.29) is 5.91 Å². The van der Waals surface area contributed by atoms with Crippen LogP contribution in [-0.4, -0.2) is 36.3 Å². The van der Waals surface area contributed by atoms with Crippen molar-refractivity contribution in [3.05, 3.63) is 70.8 Å². The van der Waals surface area contributed by atoms with Crippen molar-refractivity contribution in [1.82, 2.24) is 9.80 Å². The number of carbonyl (C=O) groups excluding carboxylic acids is 1. The van der Waals surface area contributed by atoms with Crippen LogP contribution in [0.4, 0.5) is 0 Å². The molecule has 0 aromatic heterocycles. The van der Waals surface area contributed by atoms with Crippen LogP contribution in [0.2, 0.25) is 0 Å². The summed E-state index contributed by atoms with van der Waals surface area (Å²) < 4.78 is 0. The van der Waals surface area contributed by atoms with Crippen molar-refractivity contribution in [2.45, 2.75) is 26.6 Å². The molecule has 24 heavy (non-hydrogen) atoms. The van der Waals surface area contributed by atoms with Gasteiger partial charge in [-0.3, -0.25) is 4.79 Å². The van der Waals surface area contributed by atoms with Gasteiger partial charge in [-0.25, -0.2) is 0 Å². The van der Waals surface area contributed by atoms with E-state index in [0.717, 1.165) is 17.7 Å². The molecule has 4 nitrogen and oxygen atoms in total. The number of nitrogens with zero attached hydrogens (tertiary/aromatic N) is 2. The molecule has 0 unspecified atom stereocenters. The lowest BCUT2D eigenvalue weighted by molar-refractivity contribution is 0.0752. The van der Waals surface area contributed by atoms with E-state index in [4.69, 9.17) is 5.73 Å². The molecule has 0 radical (unpaired) electrons. The minimum absolute atomic E-state index is 0.0541. The van der Waals surface area contributed by atoms with Gasteiger partial charge in [0, 0.05) is 31.7 Å². The summed E-state index contributed by atoms with van der Waals surface area (Å²) in [7, 11) is 4.11. The van der Waals surface area contributed by atoms with E-state index in [0.29, 0.717) is 25.2 Å². The maximum atomic E-state index is 12.7. The van der Waals surface area contributed by atoms with Crippen LogP contribution >= 0.6 is 0 Å². The second kappa shape index (κ2) is 8.62.